The number of aliphatic hydroxyl groups is 2. The van der Waals surface area contributed by atoms with Crippen molar-refractivity contribution < 1.29 is 10.2 Å². The predicted molar refractivity (Wildman–Crippen MR) is 120 cm³/mol. The van der Waals surface area contributed by atoms with Crippen molar-refractivity contribution in [2.24, 2.45) is 52.3 Å². The van der Waals surface area contributed by atoms with E-state index in [-0.39, 0.29) is 17.6 Å². The van der Waals surface area contributed by atoms with Gasteiger partial charge in [-0.2, -0.15) is 0 Å². The summed E-state index contributed by atoms with van der Waals surface area (Å²) in [6.07, 6.45) is 13.3. The van der Waals surface area contributed by atoms with Crippen molar-refractivity contribution in [1.29, 1.82) is 0 Å². The van der Waals surface area contributed by atoms with Gasteiger partial charge in [-0.05, 0) is 104 Å². The van der Waals surface area contributed by atoms with E-state index in [4.69, 9.17) is 0 Å². The van der Waals surface area contributed by atoms with E-state index in [1.807, 2.05) is 0 Å². The van der Waals surface area contributed by atoms with Crippen LogP contribution in [0, 0.1) is 52.3 Å². The minimum absolute atomic E-state index is 0.185. The maximum Gasteiger partial charge on any atom is 0.0577 e. The summed E-state index contributed by atoms with van der Waals surface area (Å²) >= 11 is 0. The molecule has 0 bridgehead atoms. The zero-order valence-electron chi connectivity index (χ0n) is 19.9. The van der Waals surface area contributed by atoms with Crippen molar-refractivity contribution >= 4 is 0 Å². The highest BCUT2D eigenvalue weighted by atomic mass is 16.3. The highest BCUT2D eigenvalue weighted by molar-refractivity contribution is 5.11. The molecule has 10 atom stereocenters. The van der Waals surface area contributed by atoms with Crippen molar-refractivity contribution in [1.82, 2.24) is 0 Å². The number of hydrogen-bond acceptors (Lipinski definition) is 2. The zero-order valence-corrected chi connectivity index (χ0v) is 19.9. The lowest BCUT2D eigenvalue weighted by molar-refractivity contribution is -0.172. The summed E-state index contributed by atoms with van der Waals surface area (Å²) in [5, 5.41) is 21.4. The lowest BCUT2D eigenvalue weighted by Crippen LogP contribution is -2.58. The number of rotatable bonds is 5. The largest absolute Gasteiger partial charge is 0.393 e. The smallest absolute Gasteiger partial charge is 0.0577 e. The van der Waals surface area contributed by atoms with Gasteiger partial charge in [0.15, 0.2) is 0 Å². The SMILES string of the molecule is CC(C)CCC[C@@H](C)[C@H]1CC[C@H]2[C@@H]3C[C@H](O)[C@H]4C[C@@H](O)CC[C@]4(C)[C@H]3CC[C@]12C. The molecule has 0 radical (unpaired) electrons. The Morgan fingerprint density at radius 1 is 0.793 bits per heavy atom. The number of hydrogen-bond donors (Lipinski definition) is 2. The first-order valence-electron chi connectivity index (χ1n) is 13.0. The Kier molecular flexibility index (Phi) is 6.19. The Balaban J connectivity index is 1.50. The van der Waals surface area contributed by atoms with Crippen LogP contribution in [0.4, 0.5) is 0 Å². The van der Waals surface area contributed by atoms with Crippen LogP contribution in [0.2, 0.25) is 0 Å². The average Bonchev–Trinajstić information content (AvgIpc) is 3.00. The molecule has 0 spiro atoms. The van der Waals surface area contributed by atoms with E-state index >= 15 is 0 Å². The standard InChI is InChI=1S/C27H48O2/c1-17(2)7-6-8-18(3)21-9-10-22-20-16-25(29)24-15-19(28)11-13-27(24,5)23(20)12-14-26(21,22)4/h17-25,28-29H,6-16H2,1-5H3/t18-,19+,20+,21-,22+,23+,24-,25+,26-,27-/m1/s1. The van der Waals surface area contributed by atoms with Crippen molar-refractivity contribution in [3.8, 4) is 0 Å². The van der Waals surface area contributed by atoms with Gasteiger partial charge in [-0.1, -0.05) is 53.9 Å². The summed E-state index contributed by atoms with van der Waals surface area (Å²) in [5.41, 5.74) is 0.749. The molecule has 0 aromatic heterocycles. The topological polar surface area (TPSA) is 40.5 Å². The van der Waals surface area contributed by atoms with Gasteiger partial charge >= 0.3 is 0 Å². The van der Waals surface area contributed by atoms with Gasteiger partial charge in [0.1, 0.15) is 0 Å². The molecule has 0 aromatic rings. The van der Waals surface area contributed by atoms with Crippen LogP contribution in [0.25, 0.3) is 0 Å². The van der Waals surface area contributed by atoms with Crippen LogP contribution in [-0.2, 0) is 0 Å². The van der Waals surface area contributed by atoms with E-state index in [2.05, 4.69) is 34.6 Å². The Hall–Kier alpha value is -0.0800. The normalized spacial score (nSPS) is 50.7. The van der Waals surface area contributed by atoms with Gasteiger partial charge in [-0.15, -0.1) is 0 Å². The second kappa shape index (κ2) is 8.12. The van der Waals surface area contributed by atoms with Crippen LogP contribution < -0.4 is 0 Å². The highest BCUT2D eigenvalue weighted by Gasteiger charge is 2.62. The van der Waals surface area contributed by atoms with Crippen LogP contribution in [-0.4, -0.2) is 22.4 Å². The molecule has 0 aromatic carbocycles. The molecule has 0 amide bonds. The third-order valence-corrected chi connectivity index (χ3v) is 10.9. The molecule has 4 fully saturated rings. The van der Waals surface area contributed by atoms with E-state index in [1.54, 1.807) is 0 Å². The summed E-state index contributed by atoms with van der Waals surface area (Å²) in [5.74, 6) is 5.20. The quantitative estimate of drug-likeness (QED) is 0.553. The molecule has 4 aliphatic carbocycles. The monoisotopic (exact) mass is 404 g/mol. The molecule has 2 heteroatoms. The molecule has 0 unspecified atom stereocenters. The predicted octanol–water partition coefficient (Wildman–Crippen LogP) is 6.44. The van der Waals surface area contributed by atoms with Gasteiger partial charge in [-0.25, -0.2) is 0 Å². The van der Waals surface area contributed by atoms with Gasteiger partial charge in [0.2, 0.25) is 0 Å². The maximum absolute atomic E-state index is 11.2. The average molecular weight is 405 g/mol. The van der Waals surface area contributed by atoms with Crippen molar-refractivity contribution in [2.45, 2.75) is 117 Å². The Bertz CT molecular complexity index is 573. The summed E-state index contributed by atoms with van der Waals surface area (Å²) in [4.78, 5) is 0. The summed E-state index contributed by atoms with van der Waals surface area (Å²) in [7, 11) is 0. The lowest BCUT2D eigenvalue weighted by atomic mass is 9.44. The fourth-order valence-corrected chi connectivity index (χ4v) is 9.30. The van der Waals surface area contributed by atoms with Gasteiger partial charge in [0, 0.05) is 0 Å². The molecule has 168 valence electrons. The van der Waals surface area contributed by atoms with Gasteiger partial charge in [0.25, 0.3) is 0 Å². The summed E-state index contributed by atoms with van der Waals surface area (Å²) in [6.45, 7) is 12.4. The van der Waals surface area contributed by atoms with E-state index in [9.17, 15) is 10.2 Å². The molecular weight excluding hydrogens is 356 g/mol. The first-order chi connectivity index (χ1) is 13.7. The fraction of sp³-hybridized carbons (Fsp3) is 1.00. The molecule has 4 saturated carbocycles. The second-order valence-electron chi connectivity index (χ2n) is 12.8. The van der Waals surface area contributed by atoms with E-state index in [0.29, 0.717) is 17.3 Å². The lowest BCUT2D eigenvalue weighted by Gasteiger charge is -2.62. The van der Waals surface area contributed by atoms with E-state index in [1.165, 1.54) is 44.9 Å². The van der Waals surface area contributed by atoms with E-state index in [0.717, 1.165) is 55.3 Å². The first kappa shape index (κ1) is 22.1. The van der Waals surface area contributed by atoms with Gasteiger partial charge in [0.05, 0.1) is 12.2 Å². The molecule has 0 heterocycles. The molecule has 29 heavy (non-hydrogen) atoms. The third-order valence-electron chi connectivity index (χ3n) is 10.9. The highest BCUT2D eigenvalue weighted by Crippen LogP contribution is 2.68. The summed E-state index contributed by atoms with van der Waals surface area (Å²) < 4.78 is 0. The fourth-order valence-electron chi connectivity index (χ4n) is 9.30. The van der Waals surface area contributed by atoms with E-state index < -0.39 is 0 Å². The number of fused-ring (bicyclic) bond motifs is 5. The van der Waals surface area contributed by atoms with Crippen molar-refractivity contribution in [3.63, 3.8) is 0 Å². The first-order valence-corrected chi connectivity index (χ1v) is 13.0. The Labute approximate surface area is 180 Å². The van der Waals surface area contributed by atoms with Crippen LogP contribution in [0.5, 0.6) is 0 Å². The third kappa shape index (κ3) is 3.73. The van der Waals surface area contributed by atoms with Crippen LogP contribution in [0.3, 0.4) is 0 Å². The van der Waals surface area contributed by atoms with Crippen LogP contribution in [0.15, 0.2) is 0 Å². The Morgan fingerprint density at radius 3 is 2.21 bits per heavy atom. The minimum Gasteiger partial charge on any atom is -0.393 e. The van der Waals surface area contributed by atoms with Crippen LogP contribution >= 0.6 is 0 Å². The van der Waals surface area contributed by atoms with Gasteiger partial charge < -0.3 is 10.2 Å². The van der Waals surface area contributed by atoms with Gasteiger partial charge in [-0.3, -0.25) is 0 Å². The minimum atomic E-state index is -0.193. The summed E-state index contributed by atoms with van der Waals surface area (Å²) in [6, 6.07) is 0. The molecule has 0 saturated heterocycles. The molecule has 4 aliphatic rings. The maximum atomic E-state index is 11.2. The van der Waals surface area contributed by atoms with Crippen molar-refractivity contribution in [2.75, 3.05) is 0 Å². The zero-order chi connectivity index (χ0) is 21.0. The molecule has 0 aliphatic heterocycles. The molecular formula is C27H48O2. The molecule has 2 nitrogen and oxygen atoms in total. The number of aliphatic hydroxyl groups excluding tert-OH is 2. The second-order valence-corrected chi connectivity index (χ2v) is 12.8. The molecule has 2 N–H and O–H groups in total. The Morgan fingerprint density at radius 2 is 1.48 bits per heavy atom. The van der Waals surface area contributed by atoms with Crippen LogP contribution in [0.1, 0.15) is 105 Å². The molecule has 4 rings (SSSR count). The van der Waals surface area contributed by atoms with Crippen molar-refractivity contribution in [3.05, 3.63) is 0 Å².